The maximum absolute atomic E-state index is 10.8. The molecular weight excluding hydrogens is 258 g/mol. The van der Waals surface area contributed by atoms with Gasteiger partial charge in [0.05, 0.1) is 31.8 Å². The predicted molar refractivity (Wildman–Crippen MR) is 74.6 cm³/mol. The molecule has 1 heterocycles. The van der Waals surface area contributed by atoms with Crippen LogP contribution in [0.4, 0.5) is 0 Å². The van der Waals surface area contributed by atoms with Gasteiger partial charge in [-0.15, -0.1) is 0 Å². The number of rotatable bonds is 6. The van der Waals surface area contributed by atoms with Gasteiger partial charge in [0.1, 0.15) is 0 Å². The number of benzene rings is 1. The average Bonchev–Trinajstić information content (AvgIpc) is 2.40. The van der Waals surface area contributed by atoms with E-state index in [4.69, 9.17) is 14.6 Å². The first-order valence-corrected chi connectivity index (χ1v) is 6.87. The Balaban J connectivity index is 1.83. The summed E-state index contributed by atoms with van der Waals surface area (Å²) >= 11 is 0. The van der Waals surface area contributed by atoms with Crippen molar-refractivity contribution in [2.45, 2.75) is 32.2 Å². The van der Waals surface area contributed by atoms with E-state index in [-0.39, 0.29) is 18.6 Å². The lowest BCUT2D eigenvalue weighted by atomic mass is 10.1. The van der Waals surface area contributed by atoms with E-state index in [1.165, 1.54) is 0 Å². The lowest BCUT2D eigenvalue weighted by Crippen LogP contribution is -2.45. The number of aliphatic carboxylic acids is 1. The number of hydrogen-bond acceptors (Lipinski definition) is 4. The molecule has 2 unspecified atom stereocenters. The zero-order valence-electron chi connectivity index (χ0n) is 11.7. The maximum Gasteiger partial charge on any atom is 0.307 e. The van der Waals surface area contributed by atoms with Gasteiger partial charge in [-0.2, -0.15) is 0 Å². The third-order valence-corrected chi connectivity index (χ3v) is 3.25. The van der Waals surface area contributed by atoms with E-state index in [1.807, 2.05) is 31.2 Å². The fourth-order valence-electron chi connectivity index (χ4n) is 2.30. The van der Waals surface area contributed by atoms with Crippen LogP contribution in [-0.2, 0) is 27.3 Å². The summed E-state index contributed by atoms with van der Waals surface area (Å²) in [5.41, 5.74) is 1.72. The highest BCUT2D eigenvalue weighted by atomic mass is 16.5. The molecule has 1 aromatic rings. The summed E-state index contributed by atoms with van der Waals surface area (Å²) in [5.74, 6) is -0.828. The molecule has 0 spiro atoms. The Morgan fingerprint density at radius 2 is 2.15 bits per heavy atom. The van der Waals surface area contributed by atoms with Crippen LogP contribution in [0, 0.1) is 0 Å². The predicted octanol–water partition coefficient (Wildman–Crippen LogP) is 1.21. The van der Waals surface area contributed by atoms with E-state index in [9.17, 15) is 4.79 Å². The molecular formula is C15H21NO4. The number of morpholine rings is 1. The number of carbonyl (C=O) groups is 1. The van der Waals surface area contributed by atoms with Crippen LogP contribution in [0.15, 0.2) is 24.3 Å². The van der Waals surface area contributed by atoms with E-state index in [0.717, 1.165) is 24.2 Å². The first-order chi connectivity index (χ1) is 9.65. The van der Waals surface area contributed by atoms with Crippen molar-refractivity contribution in [3.8, 4) is 0 Å². The zero-order chi connectivity index (χ0) is 14.4. The van der Waals surface area contributed by atoms with E-state index in [1.54, 1.807) is 0 Å². The molecule has 110 valence electrons. The van der Waals surface area contributed by atoms with E-state index in [0.29, 0.717) is 13.2 Å². The normalized spacial score (nSPS) is 22.6. The summed E-state index contributed by atoms with van der Waals surface area (Å²) in [5, 5.41) is 12.2. The van der Waals surface area contributed by atoms with Crippen molar-refractivity contribution in [3.05, 3.63) is 35.4 Å². The van der Waals surface area contributed by atoms with Crippen molar-refractivity contribution in [1.29, 1.82) is 0 Å². The van der Waals surface area contributed by atoms with Gasteiger partial charge in [0.25, 0.3) is 0 Å². The highest BCUT2D eigenvalue weighted by molar-refractivity contribution is 5.70. The second-order valence-corrected chi connectivity index (χ2v) is 5.08. The third-order valence-electron chi connectivity index (χ3n) is 3.25. The number of carboxylic acid groups (broad SMARTS) is 1. The van der Waals surface area contributed by atoms with Crippen molar-refractivity contribution in [3.63, 3.8) is 0 Å². The van der Waals surface area contributed by atoms with Gasteiger partial charge in [-0.05, 0) is 18.1 Å². The monoisotopic (exact) mass is 279 g/mol. The van der Waals surface area contributed by atoms with Crippen molar-refractivity contribution in [2.24, 2.45) is 0 Å². The molecule has 0 saturated carbocycles. The molecule has 5 nitrogen and oxygen atoms in total. The molecule has 0 bridgehead atoms. The van der Waals surface area contributed by atoms with Crippen molar-refractivity contribution in [1.82, 2.24) is 5.32 Å². The van der Waals surface area contributed by atoms with Gasteiger partial charge in [0.2, 0.25) is 0 Å². The Hall–Kier alpha value is -1.43. The Morgan fingerprint density at radius 1 is 1.40 bits per heavy atom. The second-order valence-electron chi connectivity index (χ2n) is 5.08. The molecule has 2 atom stereocenters. The molecule has 1 aromatic carbocycles. The van der Waals surface area contributed by atoms with E-state index >= 15 is 0 Å². The van der Waals surface area contributed by atoms with Gasteiger partial charge in [0, 0.05) is 13.1 Å². The van der Waals surface area contributed by atoms with Crippen molar-refractivity contribution in [2.75, 3.05) is 19.7 Å². The van der Waals surface area contributed by atoms with Crippen LogP contribution in [0.1, 0.15) is 18.1 Å². The van der Waals surface area contributed by atoms with Crippen LogP contribution in [0.25, 0.3) is 0 Å². The lowest BCUT2D eigenvalue weighted by Gasteiger charge is -2.28. The smallest absolute Gasteiger partial charge is 0.307 e. The highest BCUT2D eigenvalue weighted by Crippen LogP contribution is 2.12. The summed E-state index contributed by atoms with van der Waals surface area (Å²) in [4.78, 5) is 10.8. The third kappa shape index (κ3) is 4.59. The quantitative estimate of drug-likeness (QED) is 0.819. The molecule has 0 aromatic heterocycles. The molecule has 5 heteroatoms. The molecule has 1 saturated heterocycles. The number of ether oxygens (including phenoxy) is 2. The molecule has 1 aliphatic rings. The summed E-state index contributed by atoms with van der Waals surface area (Å²) in [6, 6.07) is 7.47. The Kier molecular flexibility index (Phi) is 5.52. The largest absolute Gasteiger partial charge is 0.481 e. The molecule has 2 rings (SSSR count). The Labute approximate surface area is 118 Å². The Bertz CT molecular complexity index is 449. The van der Waals surface area contributed by atoms with Gasteiger partial charge in [-0.25, -0.2) is 0 Å². The van der Waals surface area contributed by atoms with Crippen LogP contribution in [0.5, 0.6) is 0 Å². The Morgan fingerprint density at radius 3 is 2.85 bits per heavy atom. The molecule has 1 aliphatic heterocycles. The molecule has 1 fully saturated rings. The van der Waals surface area contributed by atoms with Crippen LogP contribution in [-0.4, -0.2) is 43.0 Å². The average molecular weight is 279 g/mol. The van der Waals surface area contributed by atoms with Crippen molar-refractivity contribution < 1.29 is 19.4 Å². The number of hydrogen-bond donors (Lipinski definition) is 2. The standard InChI is InChI=1S/C15H21NO4/c1-11-7-16-8-14(20-11)10-19-9-13-5-3-2-4-12(13)6-15(17)18/h2-5,11,14,16H,6-10H2,1H3,(H,17,18). The summed E-state index contributed by atoms with van der Waals surface area (Å²) < 4.78 is 11.4. The minimum atomic E-state index is -0.828. The fraction of sp³-hybridized carbons (Fsp3) is 0.533. The summed E-state index contributed by atoms with van der Waals surface area (Å²) in [6.45, 7) is 4.62. The van der Waals surface area contributed by atoms with Gasteiger partial charge in [-0.3, -0.25) is 4.79 Å². The zero-order valence-corrected chi connectivity index (χ0v) is 11.7. The van der Waals surface area contributed by atoms with Gasteiger partial charge in [-0.1, -0.05) is 24.3 Å². The molecule has 2 N–H and O–H groups in total. The maximum atomic E-state index is 10.8. The topological polar surface area (TPSA) is 67.8 Å². The van der Waals surface area contributed by atoms with Crippen LogP contribution >= 0.6 is 0 Å². The highest BCUT2D eigenvalue weighted by Gasteiger charge is 2.18. The summed E-state index contributed by atoms with van der Waals surface area (Å²) in [7, 11) is 0. The van der Waals surface area contributed by atoms with E-state index in [2.05, 4.69) is 5.32 Å². The minimum Gasteiger partial charge on any atom is -0.481 e. The van der Waals surface area contributed by atoms with Gasteiger partial charge < -0.3 is 19.9 Å². The number of carboxylic acids is 1. The molecule has 0 radical (unpaired) electrons. The molecule has 0 amide bonds. The van der Waals surface area contributed by atoms with Crippen LogP contribution in [0.3, 0.4) is 0 Å². The van der Waals surface area contributed by atoms with Gasteiger partial charge in [0.15, 0.2) is 0 Å². The lowest BCUT2D eigenvalue weighted by molar-refractivity contribution is -0.136. The summed E-state index contributed by atoms with van der Waals surface area (Å²) in [6.07, 6.45) is 0.292. The van der Waals surface area contributed by atoms with Gasteiger partial charge >= 0.3 is 5.97 Å². The van der Waals surface area contributed by atoms with E-state index < -0.39 is 5.97 Å². The van der Waals surface area contributed by atoms with Crippen LogP contribution in [0.2, 0.25) is 0 Å². The first kappa shape index (κ1) is 15.0. The first-order valence-electron chi connectivity index (χ1n) is 6.87. The van der Waals surface area contributed by atoms with Crippen molar-refractivity contribution >= 4 is 5.97 Å². The number of nitrogens with one attached hydrogen (secondary N) is 1. The SMILES string of the molecule is CC1CNCC(COCc2ccccc2CC(=O)O)O1. The fourth-order valence-corrected chi connectivity index (χ4v) is 2.30. The molecule has 0 aliphatic carbocycles. The van der Waals surface area contributed by atoms with Crippen LogP contribution < -0.4 is 5.32 Å². The minimum absolute atomic E-state index is 0.0258. The molecule has 20 heavy (non-hydrogen) atoms. The second kappa shape index (κ2) is 7.38.